The van der Waals surface area contributed by atoms with Gasteiger partial charge in [0.2, 0.25) is 0 Å². The normalized spacial score (nSPS) is 18.8. The van der Waals surface area contributed by atoms with Gasteiger partial charge in [-0.1, -0.05) is 18.5 Å². The lowest BCUT2D eigenvalue weighted by Crippen LogP contribution is -2.42. The van der Waals surface area contributed by atoms with Gasteiger partial charge in [0.05, 0.1) is 31.4 Å². The van der Waals surface area contributed by atoms with Crippen molar-refractivity contribution in [1.82, 2.24) is 5.32 Å². The zero-order valence-corrected chi connectivity index (χ0v) is 13.9. The van der Waals surface area contributed by atoms with E-state index >= 15 is 0 Å². The summed E-state index contributed by atoms with van der Waals surface area (Å²) in [5.41, 5.74) is 0.444. The van der Waals surface area contributed by atoms with Gasteiger partial charge in [-0.25, -0.2) is 0 Å². The SMILES string of the molecule is CC[C@@H](NC(=O)c1cc(Cl)c(OC)c(OC)c1)[C@H]1CCCO1. The molecule has 122 valence electrons. The molecule has 1 aliphatic heterocycles. The van der Waals surface area contributed by atoms with E-state index in [-0.39, 0.29) is 18.1 Å². The Morgan fingerprint density at radius 3 is 2.77 bits per heavy atom. The molecule has 1 saturated heterocycles. The highest BCUT2D eigenvalue weighted by Gasteiger charge is 2.26. The summed E-state index contributed by atoms with van der Waals surface area (Å²) in [5, 5.41) is 3.37. The van der Waals surface area contributed by atoms with E-state index in [2.05, 4.69) is 5.32 Å². The number of rotatable bonds is 6. The lowest BCUT2D eigenvalue weighted by molar-refractivity contribution is 0.0665. The van der Waals surface area contributed by atoms with Crippen LogP contribution in [0.1, 0.15) is 36.5 Å². The summed E-state index contributed by atoms with van der Waals surface area (Å²) in [5.74, 6) is 0.669. The molecule has 1 heterocycles. The van der Waals surface area contributed by atoms with Crippen molar-refractivity contribution in [3.05, 3.63) is 22.7 Å². The van der Waals surface area contributed by atoms with Gasteiger partial charge in [0.15, 0.2) is 11.5 Å². The van der Waals surface area contributed by atoms with Crippen LogP contribution < -0.4 is 14.8 Å². The zero-order valence-electron chi connectivity index (χ0n) is 13.1. The van der Waals surface area contributed by atoms with Gasteiger partial charge in [-0.05, 0) is 31.4 Å². The number of carbonyl (C=O) groups excluding carboxylic acids is 1. The summed E-state index contributed by atoms with van der Waals surface area (Å²) in [4.78, 5) is 12.5. The predicted molar refractivity (Wildman–Crippen MR) is 85.1 cm³/mol. The van der Waals surface area contributed by atoms with Crippen molar-refractivity contribution in [2.75, 3.05) is 20.8 Å². The van der Waals surface area contributed by atoms with Crippen LogP contribution >= 0.6 is 11.6 Å². The van der Waals surface area contributed by atoms with Gasteiger partial charge >= 0.3 is 0 Å². The van der Waals surface area contributed by atoms with Crippen LogP contribution in [0.2, 0.25) is 5.02 Å². The molecule has 1 N–H and O–H groups in total. The van der Waals surface area contributed by atoms with Crippen LogP contribution in [0.25, 0.3) is 0 Å². The molecule has 0 aliphatic carbocycles. The molecule has 1 fully saturated rings. The molecule has 0 unspecified atom stereocenters. The van der Waals surface area contributed by atoms with Gasteiger partial charge in [0, 0.05) is 12.2 Å². The van der Waals surface area contributed by atoms with E-state index in [0.29, 0.717) is 22.1 Å². The summed E-state index contributed by atoms with van der Waals surface area (Å²) >= 11 is 6.15. The highest BCUT2D eigenvalue weighted by Crippen LogP contribution is 2.36. The summed E-state index contributed by atoms with van der Waals surface area (Å²) in [7, 11) is 3.02. The van der Waals surface area contributed by atoms with Crippen molar-refractivity contribution in [3.8, 4) is 11.5 Å². The Kier molecular flexibility index (Phi) is 5.91. The molecule has 1 aromatic carbocycles. The molecule has 2 atom stereocenters. The van der Waals surface area contributed by atoms with Crippen LogP contribution in [0.3, 0.4) is 0 Å². The molecular weight excluding hydrogens is 306 g/mol. The largest absolute Gasteiger partial charge is 0.493 e. The average Bonchev–Trinajstić information content (AvgIpc) is 3.05. The molecule has 1 aliphatic rings. The quantitative estimate of drug-likeness (QED) is 0.872. The Morgan fingerprint density at radius 1 is 1.45 bits per heavy atom. The van der Waals surface area contributed by atoms with Gasteiger partial charge in [0.25, 0.3) is 5.91 Å². The first-order valence-electron chi connectivity index (χ1n) is 7.44. The van der Waals surface area contributed by atoms with Crippen molar-refractivity contribution in [1.29, 1.82) is 0 Å². The van der Waals surface area contributed by atoms with E-state index in [1.54, 1.807) is 12.1 Å². The second-order valence-corrected chi connectivity index (χ2v) is 5.64. The second kappa shape index (κ2) is 7.70. The summed E-state index contributed by atoms with van der Waals surface area (Å²) in [6.45, 7) is 2.80. The number of benzene rings is 1. The summed E-state index contributed by atoms with van der Waals surface area (Å²) in [6, 6.07) is 3.21. The highest BCUT2D eigenvalue weighted by molar-refractivity contribution is 6.32. The molecule has 0 saturated carbocycles. The Bertz CT molecular complexity index is 529. The van der Waals surface area contributed by atoms with E-state index in [4.69, 9.17) is 25.8 Å². The molecule has 0 radical (unpaired) electrons. The third kappa shape index (κ3) is 3.65. The highest BCUT2D eigenvalue weighted by atomic mass is 35.5. The maximum atomic E-state index is 12.5. The number of hydrogen-bond donors (Lipinski definition) is 1. The first kappa shape index (κ1) is 16.9. The van der Waals surface area contributed by atoms with E-state index in [1.165, 1.54) is 14.2 Å². The van der Waals surface area contributed by atoms with Gasteiger partial charge in [0.1, 0.15) is 0 Å². The molecule has 0 bridgehead atoms. The molecule has 1 aromatic rings. The van der Waals surface area contributed by atoms with Gasteiger partial charge in [-0.2, -0.15) is 0 Å². The van der Waals surface area contributed by atoms with Crippen molar-refractivity contribution in [2.45, 2.75) is 38.3 Å². The smallest absolute Gasteiger partial charge is 0.251 e. The van der Waals surface area contributed by atoms with Gasteiger partial charge in [-0.3, -0.25) is 4.79 Å². The minimum absolute atomic E-state index is 0.00173. The number of carbonyl (C=O) groups is 1. The molecule has 0 spiro atoms. The van der Waals surface area contributed by atoms with Crippen LogP contribution in [-0.2, 0) is 4.74 Å². The number of amides is 1. The first-order chi connectivity index (χ1) is 10.6. The number of ether oxygens (including phenoxy) is 3. The average molecular weight is 328 g/mol. The van der Waals surface area contributed by atoms with E-state index in [1.807, 2.05) is 6.92 Å². The number of halogens is 1. The minimum Gasteiger partial charge on any atom is -0.493 e. The Hall–Kier alpha value is -1.46. The van der Waals surface area contributed by atoms with Crippen LogP contribution in [0.5, 0.6) is 11.5 Å². The summed E-state index contributed by atoms with van der Waals surface area (Å²) < 4.78 is 16.1. The molecule has 22 heavy (non-hydrogen) atoms. The topological polar surface area (TPSA) is 56.8 Å². The molecular formula is C16H22ClNO4. The van der Waals surface area contributed by atoms with Crippen LogP contribution in [0.15, 0.2) is 12.1 Å². The fraction of sp³-hybridized carbons (Fsp3) is 0.562. The molecule has 0 aromatic heterocycles. The van der Waals surface area contributed by atoms with Crippen LogP contribution in [0, 0.1) is 0 Å². The van der Waals surface area contributed by atoms with Crippen LogP contribution in [0.4, 0.5) is 0 Å². The van der Waals surface area contributed by atoms with Crippen molar-refractivity contribution in [2.24, 2.45) is 0 Å². The Labute approximate surface area is 135 Å². The van der Waals surface area contributed by atoms with Crippen molar-refractivity contribution < 1.29 is 19.0 Å². The lowest BCUT2D eigenvalue weighted by atomic mass is 10.0. The van der Waals surface area contributed by atoms with E-state index in [9.17, 15) is 4.79 Å². The first-order valence-corrected chi connectivity index (χ1v) is 7.82. The van der Waals surface area contributed by atoms with Gasteiger partial charge < -0.3 is 19.5 Å². The predicted octanol–water partition coefficient (Wildman–Crippen LogP) is 3.04. The van der Waals surface area contributed by atoms with Crippen molar-refractivity contribution >= 4 is 17.5 Å². The molecule has 2 rings (SSSR count). The number of methoxy groups -OCH3 is 2. The summed E-state index contributed by atoms with van der Waals surface area (Å²) in [6.07, 6.45) is 2.92. The second-order valence-electron chi connectivity index (χ2n) is 5.23. The third-order valence-electron chi connectivity index (χ3n) is 3.87. The van der Waals surface area contributed by atoms with E-state index in [0.717, 1.165) is 25.9 Å². The molecule has 1 amide bonds. The van der Waals surface area contributed by atoms with Crippen LogP contribution in [-0.4, -0.2) is 38.9 Å². The number of nitrogens with one attached hydrogen (secondary N) is 1. The number of hydrogen-bond acceptors (Lipinski definition) is 4. The monoisotopic (exact) mass is 327 g/mol. The fourth-order valence-electron chi connectivity index (χ4n) is 2.68. The van der Waals surface area contributed by atoms with Gasteiger partial charge in [-0.15, -0.1) is 0 Å². The van der Waals surface area contributed by atoms with E-state index < -0.39 is 0 Å². The zero-order chi connectivity index (χ0) is 16.1. The Balaban J connectivity index is 2.16. The maximum Gasteiger partial charge on any atom is 0.251 e. The minimum atomic E-state index is -0.190. The molecule has 5 nitrogen and oxygen atoms in total. The third-order valence-corrected chi connectivity index (χ3v) is 4.15. The van der Waals surface area contributed by atoms with Crippen molar-refractivity contribution in [3.63, 3.8) is 0 Å². The fourth-order valence-corrected chi connectivity index (χ4v) is 2.97. The Morgan fingerprint density at radius 2 is 2.23 bits per heavy atom. The lowest BCUT2D eigenvalue weighted by Gasteiger charge is -2.23. The molecule has 6 heteroatoms. The maximum absolute atomic E-state index is 12.5. The standard InChI is InChI=1S/C16H22ClNO4/c1-4-12(13-6-5-7-22-13)18-16(19)10-8-11(17)15(21-3)14(9-10)20-2/h8-9,12-13H,4-7H2,1-3H3,(H,18,19)/t12-,13-/m1/s1.